The van der Waals surface area contributed by atoms with E-state index in [0.29, 0.717) is 39.8 Å². The number of nitrogens with two attached hydrogens (primary N) is 1. The number of carbonyl (C=O) groups is 6. The Kier molecular flexibility index (Phi) is 22.8. The van der Waals surface area contributed by atoms with E-state index in [4.69, 9.17) is 22.8 Å². The van der Waals surface area contributed by atoms with Crippen LogP contribution in [0.15, 0.2) is 82.2 Å². The summed E-state index contributed by atoms with van der Waals surface area (Å²) in [6, 6.07) is 6.41. The molecule has 2 radical (unpaired) electrons. The maximum absolute atomic E-state index is 13.6. The summed E-state index contributed by atoms with van der Waals surface area (Å²) < 4.78 is 46.9. The number of hydrogen-bond acceptors (Lipinski definition) is 26. The van der Waals surface area contributed by atoms with Crippen molar-refractivity contribution in [2.24, 2.45) is 10.3 Å². The number of alkyl halides is 2. The molecule has 6 aromatic rings. The molecule has 0 bridgehead atoms. The molecule has 4 amide bonds. The first kappa shape index (κ1) is 68.6. The Labute approximate surface area is 559 Å². The molecule has 30 nitrogen and oxygen atoms in total. The first-order valence-electron chi connectivity index (χ1n) is 27.7. The average Bonchev–Trinajstić information content (AvgIpc) is 1.64. The van der Waals surface area contributed by atoms with Gasteiger partial charge in [-0.05, 0) is 99.8 Å². The average molecular weight is 1480 g/mol. The van der Waals surface area contributed by atoms with Gasteiger partial charge < -0.3 is 89.1 Å². The number of hydrogen-bond donors (Lipinski definition) is 5. The molecule has 4 saturated heterocycles. The second kappa shape index (κ2) is 30.3. The number of oxime groups is 2. The highest BCUT2D eigenvalue weighted by molar-refractivity contribution is 8.00. The van der Waals surface area contributed by atoms with Crippen molar-refractivity contribution in [3.05, 3.63) is 83.5 Å². The molecule has 4 fully saturated rings. The highest BCUT2D eigenvalue weighted by Gasteiger charge is 2.56. The Bertz CT molecular complexity index is 3870. The predicted octanol–water partition coefficient (Wildman–Crippen LogP) is -3.00. The molecule has 6 aliphatic rings. The predicted molar refractivity (Wildman–Crippen MR) is 329 cm³/mol. The van der Waals surface area contributed by atoms with Crippen molar-refractivity contribution in [1.82, 2.24) is 68.5 Å². The van der Waals surface area contributed by atoms with E-state index < -0.39 is 91.6 Å². The lowest BCUT2D eigenvalue weighted by molar-refractivity contribution is -0.665. The number of piperidine rings is 2. The van der Waals surface area contributed by atoms with Crippen LogP contribution in [0, 0.1) is 0 Å². The zero-order valence-electron chi connectivity index (χ0n) is 48.6. The normalized spacial score (nSPS) is 20.8. The van der Waals surface area contributed by atoms with Crippen LogP contribution in [0.5, 0.6) is 0 Å². The number of imidazole rings is 2. The van der Waals surface area contributed by atoms with Gasteiger partial charge in [-0.15, -0.1) is 35.9 Å². The third-order valence-electron chi connectivity index (χ3n) is 15.3. The monoisotopic (exact) mass is 1480 g/mol. The van der Waals surface area contributed by atoms with Gasteiger partial charge in [0.15, 0.2) is 12.7 Å². The lowest BCUT2D eigenvalue weighted by atomic mass is 10.0. The van der Waals surface area contributed by atoms with Crippen molar-refractivity contribution in [1.29, 1.82) is 0 Å². The largest absolute Gasteiger partial charge is 1.00 e. The van der Waals surface area contributed by atoms with E-state index in [1.54, 1.807) is 13.7 Å². The molecular formula is C51H58BClF2IN20O10PS4. The number of carbonyl (C=O) groups excluding carboxylic acids is 6. The van der Waals surface area contributed by atoms with Crippen LogP contribution in [0.2, 0.25) is 0 Å². The highest BCUT2D eigenvalue weighted by Crippen LogP contribution is 2.43. The number of anilines is 2. The van der Waals surface area contributed by atoms with Crippen LogP contribution in [0.4, 0.5) is 19.0 Å². The number of fused-ring (bicyclic) bond motifs is 4. The minimum Gasteiger partial charge on any atom is -1.00 e. The first-order valence-corrected chi connectivity index (χ1v) is 33.1. The summed E-state index contributed by atoms with van der Waals surface area (Å²) in [5.41, 5.74) is 9.08. The van der Waals surface area contributed by atoms with Gasteiger partial charge in [0.2, 0.25) is 40.9 Å². The zero-order valence-corrected chi connectivity index (χ0v) is 55.7. The molecule has 40 heteroatoms. The summed E-state index contributed by atoms with van der Waals surface area (Å²) in [6.07, 6.45) is 11.4. The van der Waals surface area contributed by atoms with Crippen LogP contribution in [-0.4, -0.2) is 202 Å². The van der Waals surface area contributed by atoms with Crippen molar-refractivity contribution in [3.8, 4) is 0 Å². The van der Waals surface area contributed by atoms with Gasteiger partial charge in [0.05, 0.1) is 24.1 Å². The lowest BCUT2D eigenvalue weighted by Gasteiger charge is -2.50. The second-order valence-corrected chi connectivity index (χ2v) is 25.9. The number of aromatic nitrogens is 10. The molecular weight excluding hydrogens is 1420 g/mol. The third kappa shape index (κ3) is 14.4. The topological polar surface area (TPSA) is 357 Å². The quantitative estimate of drug-likeness (QED) is 0.00967. The van der Waals surface area contributed by atoms with E-state index in [2.05, 4.69) is 86.0 Å². The van der Waals surface area contributed by atoms with Crippen LogP contribution in [0.25, 0.3) is 22.3 Å². The maximum atomic E-state index is 13.6. The van der Waals surface area contributed by atoms with Gasteiger partial charge in [0, 0.05) is 72.9 Å². The fourth-order valence-corrected chi connectivity index (χ4v) is 15.2. The summed E-state index contributed by atoms with van der Waals surface area (Å²) in [6.45, 7) is 3.34. The first-order chi connectivity index (χ1) is 43.1. The number of rotatable bonds is 20. The molecule has 0 aromatic carbocycles. The van der Waals surface area contributed by atoms with Crippen LogP contribution < -0.4 is 65.2 Å². The number of halogens is 4. The Morgan fingerprint density at radius 3 is 1.77 bits per heavy atom. The Morgan fingerprint density at radius 1 is 0.802 bits per heavy atom. The van der Waals surface area contributed by atoms with Crippen molar-refractivity contribution in [3.63, 3.8) is 0 Å². The van der Waals surface area contributed by atoms with Gasteiger partial charge in [-0.25, -0.2) is 22.7 Å². The summed E-state index contributed by atoms with van der Waals surface area (Å²) in [5.74, 6) is -4.80. The number of pyridine rings is 2. The maximum Gasteiger partial charge on any atom is 0.357 e. The fourth-order valence-electron chi connectivity index (χ4n) is 11.2. The number of aliphatic carboxylic acids is 1. The van der Waals surface area contributed by atoms with E-state index in [-0.39, 0.29) is 83.4 Å². The minimum atomic E-state index is -1.57. The summed E-state index contributed by atoms with van der Waals surface area (Å²) in [7, 11) is 8.05. The van der Waals surface area contributed by atoms with Crippen LogP contribution in [0.1, 0.15) is 49.4 Å². The number of β-lactam (4-membered cyclic amide) rings is 2. The van der Waals surface area contributed by atoms with Crippen molar-refractivity contribution < 1.29 is 90.0 Å². The molecule has 91 heavy (non-hydrogen) atoms. The van der Waals surface area contributed by atoms with Gasteiger partial charge in [-0.3, -0.25) is 29.0 Å². The summed E-state index contributed by atoms with van der Waals surface area (Å²) in [5, 5.41) is 29.7. The molecule has 6 aliphatic heterocycles. The van der Waals surface area contributed by atoms with Crippen molar-refractivity contribution >= 4 is 154 Å². The molecule has 12 rings (SSSR count). The van der Waals surface area contributed by atoms with Crippen LogP contribution in [-0.2, 0) is 56.1 Å². The lowest BCUT2D eigenvalue weighted by Crippen LogP contribution is -3.00. The standard InChI is InChI=1S/C27H31BFN10O5PS2.C24H25FN10O5S2.ClH.HI/c1-30-27-33-21(35-47-27)18(34-43-13-29)23(40)32-19-24(41)39-20(26(42)44-45(3)28)15(12-46-25(19)39)11-37-8-4-5-17-22(37)31-14-38(17)16-6-9-36(2)10-7-16;25-10-40-31-15(18-30-24(26)42-32-18)20(36)29-16-21(37)35-17(23(38)39)12(9-41-22(16)35)8-33-7-1-2-14-19(33)28-11-34(14)13-3-5-27-6-4-13;;/h4-5,8,14,16,19,25H,6-7,9-13H2,1-3H3,(H-,30,32,33,35,40);1-2,7,11,13,16,22,27H,3-6,8-10H2,(H3-,26,29,30,32,36,38,39);2*1H/b34-18-;31-15-;;. The minimum absolute atomic E-state index is 0. The van der Waals surface area contributed by atoms with Crippen LogP contribution in [0.3, 0.4) is 0 Å². The summed E-state index contributed by atoms with van der Waals surface area (Å²) >= 11 is 4.44. The molecule has 0 spiro atoms. The Balaban J connectivity index is 0.000000212. The van der Waals surface area contributed by atoms with E-state index >= 15 is 0 Å². The van der Waals surface area contributed by atoms with E-state index in [1.165, 1.54) is 28.4 Å². The molecule has 0 saturated carbocycles. The smallest absolute Gasteiger partial charge is 0.357 e. The fraction of sp³-hybridized carbons (Fsp3) is 0.451. The number of nitrogen functional groups attached to an aromatic ring is 1. The second-order valence-electron chi connectivity index (χ2n) is 20.8. The number of amides is 4. The number of nitrogens with zero attached hydrogens (tertiary/aromatic N) is 15. The Hall–Kier alpha value is -6.81. The van der Waals surface area contributed by atoms with E-state index in [0.717, 1.165) is 96.5 Å². The zero-order chi connectivity index (χ0) is 62.6. The van der Waals surface area contributed by atoms with Gasteiger partial charge in [0.1, 0.15) is 52.7 Å². The van der Waals surface area contributed by atoms with Gasteiger partial charge in [0.25, 0.3) is 37.4 Å². The van der Waals surface area contributed by atoms with Crippen LogP contribution >= 0.6 is 67.0 Å². The molecule has 6 aromatic heterocycles. The van der Waals surface area contributed by atoms with E-state index in [1.807, 2.05) is 58.4 Å². The van der Waals surface area contributed by atoms with Crippen molar-refractivity contribution in [2.75, 3.05) is 83.2 Å². The number of thioether (sulfide) groups is 2. The molecule has 6 N–H and O–H groups in total. The Morgan fingerprint density at radius 2 is 1.30 bits per heavy atom. The molecule has 5 atom stereocenters. The number of likely N-dealkylation sites (tertiary alicyclic amines) is 1. The third-order valence-corrected chi connectivity index (χ3v) is 19.7. The number of carboxylic acid groups (broad SMARTS) is 1. The number of carboxylic acids is 1. The van der Waals surface area contributed by atoms with E-state index in [9.17, 15) is 42.7 Å². The highest BCUT2D eigenvalue weighted by atomic mass is 127. The molecule has 0 aliphatic carbocycles. The summed E-state index contributed by atoms with van der Waals surface area (Å²) in [4.78, 5) is 110. The number of nitrogens with one attached hydrogen (secondary N) is 4. The molecule has 12 heterocycles. The molecule has 482 valence electrons. The van der Waals surface area contributed by atoms with Gasteiger partial charge in [-0.1, -0.05) is 10.3 Å². The molecule has 5 unspecified atom stereocenters. The van der Waals surface area contributed by atoms with Gasteiger partial charge >= 0.3 is 17.3 Å². The SMILES string of the molecule is Cl.Nc1nc(/C(=N/OCF)C(=O)NC2C(=O)N3C(C(=O)[O-])=C(C[n+]4cccc5c4ncn5C4CCNCC4)CSC23)ns1.[B]P(C)OC(=O)C1=C(C[n+]2cccc3c2ncn3C2CCN(C)CC2)CSC2C(NC(=O)/C(=N\OCF)c3nsc(NC)n3)C(=O)N12.[I-]. The van der Waals surface area contributed by atoms with Gasteiger partial charge in [-0.2, -0.15) is 18.7 Å². The van der Waals surface area contributed by atoms with Crippen molar-refractivity contribution in [2.45, 2.75) is 73.7 Å².